The number of pyridine rings is 1. The van der Waals surface area contributed by atoms with Gasteiger partial charge in [0.1, 0.15) is 11.6 Å². The molecule has 1 heterocycles. The first kappa shape index (κ1) is 13.8. The van der Waals surface area contributed by atoms with Crippen molar-refractivity contribution in [3.05, 3.63) is 51.6 Å². The van der Waals surface area contributed by atoms with Gasteiger partial charge in [0.05, 0.1) is 4.92 Å². The molecule has 0 bridgehead atoms. The number of ether oxygens (including phenoxy) is 1. The molecule has 0 saturated heterocycles. The zero-order chi connectivity index (χ0) is 14.7. The minimum absolute atomic E-state index is 0.0214. The van der Waals surface area contributed by atoms with Gasteiger partial charge < -0.3 is 10.1 Å². The van der Waals surface area contributed by atoms with Crippen molar-refractivity contribution in [2.75, 3.05) is 12.4 Å². The molecule has 1 aromatic heterocycles. The van der Waals surface area contributed by atoms with Crippen LogP contribution in [-0.2, 0) is 0 Å². The van der Waals surface area contributed by atoms with Gasteiger partial charge in [-0.2, -0.15) is 4.98 Å². The van der Waals surface area contributed by atoms with Crippen LogP contribution in [0.3, 0.4) is 0 Å². The van der Waals surface area contributed by atoms with Crippen molar-refractivity contribution < 1.29 is 9.66 Å². The Morgan fingerprint density at radius 3 is 2.40 bits per heavy atom. The lowest BCUT2D eigenvalue weighted by molar-refractivity contribution is -0.386. The Labute approximate surface area is 116 Å². The molecule has 1 N–H and O–H groups in total. The third-order valence-corrected chi connectivity index (χ3v) is 2.70. The maximum Gasteiger partial charge on any atom is 0.331 e. The van der Waals surface area contributed by atoms with E-state index >= 15 is 0 Å². The van der Waals surface area contributed by atoms with Crippen LogP contribution >= 0.6 is 0 Å². The Kier molecular flexibility index (Phi) is 3.84. The van der Waals surface area contributed by atoms with E-state index < -0.39 is 4.92 Å². The average molecular weight is 273 g/mol. The number of hydrogen-bond donors (Lipinski definition) is 1. The van der Waals surface area contributed by atoms with E-state index in [-0.39, 0.29) is 11.6 Å². The van der Waals surface area contributed by atoms with Crippen LogP contribution < -0.4 is 10.1 Å². The van der Waals surface area contributed by atoms with Gasteiger partial charge in [0, 0.05) is 13.1 Å². The predicted octanol–water partition coefficient (Wildman–Crippen LogP) is 3.44. The standard InChI is InChI=1S/C14H15N3O3/c1-9-6-10(2)8-11(7-9)20-14-12(17(18)19)4-5-13(15-3)16-14/h4-8H,1-3H3,(H,15,16). The Morgan fingerprint density at radius 2 is 1.85 bits per heavy atom. The lowest BCUT2D eigenvalue weighted by Gasteiger charge is -2.08. The second kappa shape index (κ2) is 5.56. The zero-order valence-corrected chi connectivity index (χ0v) is 11.5. The molecule has 0 saturated carbocycles. The first-order valence-corrected chi connectivity index (χ1v) is 6.09. The highest BCUT2D eigenvalue weighted by molar-refractivity contribution is 5.50. The fourth-order valence-corrected chi connectivity index (χ4v) is 1.89. The number of nitrogens with zero attached hydrogens (tertiary/aromatic N) is 2. The highest BCUT2D eigenvalue weighted by atomic mass is 16.6. The molecule has 2 rings (SSSR count). The smallest absolute Gasteiger partial charge is 0.331 e. The number of rotatable bonds is 4. The monoisotopic (exact) mass is 273 g/mol. The molecular formula is C14H15N3O3. The van der Waals surface area contributed by atoms with Crippen LogP contribution in [0.4, 0.5) is 11.5 Å². The molecule has 0 amide bonds. The molecule has 0 aliphatic heterocycles. The minimum Gasteiger partial charge on any atom is -0.434 e. The van der Waals surface area contributed by atoms with Crippen molar-refractivity contribution in [3.63, 3.8) is 0 Å². The van der Waals surface area contributed by atoms with E-state index in [1.165, 1.54) is 12.1 Å². The highest BCUT2D eigenvalue weighted by Gasteiger charge is 2.18. The summed E-state index contributed by atoms with van der Waals surface area (Å²) in [7, 11) is 1.69. The summed E-state index contributed by atoms with van der Waals surface area (Å²) in [6.07, 6.45) is 0. The first-order valence-electron chi connectivity index (χ1n) is 6.09. The van der Waals surface area contributed by atoms with Crippen molar-refractivity contribution in [2.45, 2.75) is 13.8 Å². The molecule has 0 radical (unpaired) electrons. The molecule has 6 nitrogen and oxygen atoms in total. The third kappa shape index (κ3) is 3.03. The zero-order valence-electron chi connectivity index (χ0n) is 11.5. The molecule has 6 heteroatoms. The van der Waals surface area contributed by atoms with Crippen molar-refractivity contribution in [3.8, 4) is 11.6 Å². The van der Waals surface area contributed by atoms with Crippen molar-refractivity contribution in [1.82, 2.24) is 4.98 Å². The fraction of sp³-hybridized carbons (Fsp3) is 0.214. The Bertz CT molecular complexity index is 636. The molecule has 0 aliphatic rings. The van der Waals surface area contributed by atoms with Crippen LogP contribution in [0, 0.1) is 24.0 Å². The van der Waals surface area contributed by atoms with Crippen LogP contribution in [0.15, 0.2) is 30.3 Å². The normalized spacial score (nSPS) is 10.2. The van der Waals surface area contributed by atoms with Gasteiger partial charge in [0.15, 0.2) is 0 Å². The molecule has 2 aromatic rings. The molecule has 0 fully saturated rings. The summed E-state index contributed by atoms with van der Waals surface area (Å²) in [5.74, 6) is 1.02. The Morgan fingerprint density at radius 1 is 1.20 bits per heavy atom. The van der Waals surface area contributed by atoms with Crippen LogP contribution in [0.25, 0.3) is 0 Å². The van der Waals surface area contributed by atoms with Gasteiger partial charge in [0.2, 0.25) is 0 Å². The second-order valence-corrected chi connectivity index (χ2v) is 4.45. The van der Waals surface area contributed by atoms with E-state index in [4.69, 9.17) is 4.74 Å². The van der Waals surface area contributed by atoms with E-state index in [2.05, 4.69) is 10.3 Å². The minimum atomic E-state index is -0.509. The van der Waals surface area contributed by atoms with Crippen molar-refractivity contribution in [2.24, 2.45) is 0 Å². The maximum absolute atomic E-state index is 11.0. The predicted molar refractivity (Wildman–Crippen MR) is 76.4 cm³/mol. The number of nitro groups is 1. The van der Waals surface area contributed by atoms with Crippen LogP contribution in [0.2, 0.25) is 0 Å². The number of hydrogen-bond acceptors (Lipinski definition) is 5. The van der Waals surface area contributed by atoms with Crippen LogP contribution in [0.5, 0.6) is 11.6 Å². The van der Waals surface area contributed by atoms with Gasteiger partial charge in [-0.25, -0.2) is 0 Å². The second-order valence-electron chi connectivity index (χ2n) is 4.45. The van der Waals surface area contributed by atoms with E-state index in [1.807, 2.05) is 32.0 Å². The molecule has 104 valence electrons. The Balaban J connectivity index is 2.42. The molecule has 0 aliphatic carbocycles. The third-order valence-electron chi connectivity index (χ3n) is 2.70. The van der Waals surface area contributed by atoms with Gasteiger partial charge in [-0.05, 0) is 43.2 Å². The number of aromatic nitrogens is 1. The maximum atomic E-state index is 11.0. The molecular weight excluding hydrogens is 258 g/mol. The van der Waals surface area contributed by atoms with Gasteiger partial charge in [-0.1, -0.05) is 6.07 Å². The number of aryl methyl sites for hydroxylation is 2. The Hall–Kier alpha value is -2.63. The summed E-state index contributed by atoms with van der Waals surface area (Å²) >= 11 is 0. The number of benzene rings is 1. The van der Waals surface area contributed by atoms with Crippen molar-refractivity contribution >= 4 is 11.5 Å². The summed E-state index contributed by atoms with van der Waals surface area (Å²) in [5.41, 5.74) is 1.88. The van der Waals surface area contributed by atoms with Gasteiger partial charge in [-0.3, -0.25) is 10.1 Å². The lowest BCUT2D eigenvalue weighted by atomic mass is 10.1. The SMILES string of the molecule is CNc1ccc([N+](=O)[O-])c(Oc2cc(C)cc(C)c2)n1. The summed E-state index contributed by atoms with van der Waals surface area (Å²) in [6.45, 7) is 3.87. The quantitative estimate of drug-likeness (QED) is 0.682. The molecule has 0 atom stereocenters. The summed E-state index contributed by atoms with van der Waals surface area (Å²) in [5, 5.41) is 13.8. The average Bonchev–Trinajstić information content (AvgIpc) is 2.37. The summed E-state index contributed by atoms with van der Waals surface area (Å²) in [6, 6.07) is 8.52. The summed E-state index contributed by atoms with van der Waals surface area (Å²) < 4.78 is 5.58. The lowest BCUT2D eigenvalue weighted by Crippen LogP contribution is -1.99. The van der Waals surface area contributed by atoms with Crippen LogP contribution in [-0.4, -0.2) is 17.0 Å². The molecule has 0 unspecified atom stereocenters. The van der Waals surface area contributed by atoms with E-state index in [1.54, 1.807) is 7.05 Å². The fourth-order valence-electron chi connectivity index (χ4n) is 1.89. The van der Waals surface area contributed by atoms with E-state index in [9.17, 15) is 10.1 Å². The van der Waals surface area contributed by atoms with Crippen LogP contribution in [0.1, 0.15) is 11.1 Å². The van der Waals surface area contributed by atoms with Crippen molar-refractivity contribution in [1.29, 1.82) is 0 Å². The number of nitrogens with one attached hydrogen (secondary N) is 1. The van der Waals surface area contributed by atoms with Gasteiger partial charge in [0.25, 0.3) is 0 Å². The first-order chi connectivity index (χ1) is 9.49. The van der Waals surface area contributed by atoms with Gasteiger partial charge >= 0.3 is 11.6 Å². The topological polar surface area (TPSA) is 77.3 Å². The van der Waals surface area contributed by atoms with Gasteiger partial charge in [-0.15, -0.1) is 0 Å². The largest absolute Gasteiger partial charge is 0.434 e. The van der Waals surface area contributed by atoms with E-state index in [0.29, 0.717) is 11.6 Å². The molecule has 1 aromatic carbocycles. The summed E-state index contributed by atoms with van der Waals surface area (Å²) in [4.78, 5) is 14.6. The van der Waals surface area contributed by atoms with E-state index in [0.717, 1.165) is 11.1 Å². The highest BCUT2D eigenvalue weighted by Crippen LogP contribution is 2.31. The molecule has 20 heavy (non-hydrogen) atoms. The number of anilines is 1. The molecule has 0 spiro atoms.